The SMILES string of the molecule is Cc1cc(O)c(C)c(S)c1.Cc1cc(O)c(C)c(S)c1.Cc1cc(O)c(C)c(S)c1.OP(O)O. The van der Waals surface area contributed by atoms with Crippen LogP contribution in [-0.2, 0) is 0 Å². The van der Waals surface area contributed by atoms with Crippen molar-refractivity contribution >= 4 is 46.5 Å². The van der Waals surface area contributed by atoms with Crippen molar-refractivity contribution in [2.75, 3.05) is 0 Å². The second kappa shape index (κ2) is 15.4. The third kappa shape index (κ3) is 12.2. The lowest BCUT2D eigenvalue weighted by Gasteiger charge is -2.02. The van der Waals surface area contributed by atoms with Gasteiger partial charge in [0.1, 0.15) is 17.2 Å². The van der Waals surface area contributed by atoms with E-state index >= 15 is 0 Å². The molecule has 6 nitrogen and oxygen atoms in total. The molecule has 0 spiro atoms. The topological polar surface area (TPSA) is 121 Å². The Labute approximate surface area is 219 Å². The van der Waals surface area contributed by atoms with Gasteiger partial charge in [-0.15, -0.1) is 37.9 Å². The Morgan fingerprint density at radius 3 is 0.794 bits per heavy atom. The van der Waals surface area contributed by atoms with Crippen LogP contribution in [0.4, 0.5) is 0 Å². The summed E-state index contributed by atoms with van der Waals surface area (Å²) in [6, 6.07) is 11.0. The Balaban J connectivity index is 0.000000445. The van der Waals surface area contributed by atoms with Crippen LogP contribution in [-0.4, -0.2) is 30.0 Å². The van der Waals surface area contributed by atoms with E-state index in [9.17, 15) is 15.3 Å². The summed E-state index contributed by atoms with van der Waals surface area (Å²) < 4.78 is 0. The molecule has 0 radical (unpaired) electrons. The second-order valence-electron chi connectivity index (χ2n) is 7.55. The second-order valence-corrected chi connectivity index (χ2v) is 9.53. The maximum absolute atomic E-state index is 9.23. The molecule has 3 aromatic carbocycles. The molecule has 0 unspecified atom stereocenters. The van der Waals surface area contributed by atoms with E-state index in [1.54, 1.807) is 18.2 Å². The van der Waals surface area contributed by atoms with Crippen LogP contribution in [0.3, 0.4) is 0 Å². The van der Waals surface area contributed by atoms with E-state index in [4.69, 9.17) is 14.7 Å². The van der Waals surface area contributed by atoms with E-state index in [2.05, 4.69) is 37.9 Å². The summed E-state index contributed by atoms with van der Waals surface area (Å²) in [4.78, 5) is 24.2. The van der Waals surface area contributed by atoms with Gasteiger partial charge < -0.3 is 30.0 Å². The van der Waals surface area contributed by atoms with Crippen LogP contribution in [0.1, 0.15) is 33.4 Å². The molecule has 0 heterocycles. The highest BCUT2D eigenvalue weighted by atomic mass is 32.1. The van der Waals surface area contributed by atoms with E-state index < -0.39 is 8.60 Å². The van der Waals surface area contributed by atoms with Crippen LogP contribution in [0, 0.1) is 41.5 Å². The van der Waals surface area contributed by atoms with Crippen LogP contribution >= 0.6 is 46.5 Å². The molecule has 6 N–H and O–H groups in total. The van der Waals surface area contributed by atoms with Crippen molar-refractivity contribution in [2.24, 2.45) is 0 Å². The molecular weight excluding hydrogens is 511 g/mol. The summed E-state index contributed by atoms with van der Waals surface area (Å²) in [5, 5.41) is 27.7. The highest BCUT2D eigenvalue weighted by molar-refractivity contribution is 7.80. The van der Waals surface area contributed by atoms with Gasteiger partial charge in [-0.25, -0.2) is 0 Å². The fourth-order valence-corrected chi connectivity index (χ4v) is 3.42. The van der Waals surface area contributed by atoms with Gasteiger partial charge in [-0.05, 0) is 94.6 Å². The summed E-state index contributed by atoms with van der Waals surface area (Å²) in [5.74, 6) is 0.972. The van der Waals surface area contributed by atoms with Crippen molar-refractivity contribution in [2.45, 2.75) is 56.2 Å². The summed E-state index contributed by atoms with van der Waals surface area (Å²) in [5.41, 5.74) is 5.63. The smallest absolute Gasteiger partial charge is 0.324 e. The van der Waals surface area contributed by atoms with Crippen LogP contribution < -0.4 is 0 Å². The fourth-order valence-electron chi connectivity index (χ4n) is 2.46. The zero-order valence-corrected chi connectivity index (χ0v) is 23.5. The molecule has 188 valence electrons. The van der Waals surface area contributed by atoms with E-state index in [1.165, 1.54) is 0 Å². The Morgan fingerprint density at radius 1 is 0.471 bits per heavy atom. The molecule has 0 fully saturated rings. The number of aromatic hydroxyl groups is 3. The third-order valence-electron chi connectivity index (χ3n) is 4.49. The first-order chi connectivity index (χ1) is 15.6. The quantitative estimate of drug-likeness (QED) is 0.125. The number of benzene rings is 3. The molecule has 10 heteroatoms. The van der Waals surface area contributed by atoms with Crippen LogP contribution in [0.2, 0.25) is 0 Å². The van der Waals surface area contributed by atoms with Gasteiger partial charge in [-0.1, -0.05) is 0 Å². The van der Waals surface area contributed by atoms with E-state index in [-0.39, 0.29) is 0 Å². The molecule has 3 rings (SSSR count). The number of phenols is 3. The zero-order valence-electron chi connectivity index (χ0n) is 19.9. The average molecular weight is 545 g/mol. The molecule has 0 saturated heterocycles. The standard InChI is InChI=1S/3C8H10OS.H3O3P/c3*1-5-3-7(9)6(2)8(10)4-5;1-4(2)3/h3*3-4,9-10H,1-2H3;1-3H. The van der Waals surface area contributed by atoms with Crippen molar-refractivity contribution in [1.29, 1.82) is 0 Å². The number of phenolic OH excluding ortho intramolecular Hbond substituents is 3. The van der Waals surface area contributed by atoms with Crippen molar-refractivity contribution in [1.82, 2.24) is 0 Å². The van der Waals surface area contributed by atoms with E-state index in [0.717, 1.165) is 48.1 Å². The van der Waals surface area contributed by atoms with Gasteiger partial charge in [-0.2, -0.15) is 0 Å². The highest BCUT2D eigenvalue weighted by Crippen LogP contribution is 2.26. The summed E-state index contributed by atoms with van der Waals surface area (Å²) in [7, 11) is -2.62. The third-order valence-corrected chi connectivity index (χ3v) is 5.89. The molecule has 0 aliphatic heterocycles. The minimum absolute atomic E-state index is 0.324. The Bertz CT molecular complexity index is 887. The molecular formula is C24H33O6PS3. The van der Waals surface area contributed by atoms with Gasteiger partial charge >= 0.3 is 8.60 Å². The predicted octanol–water partition coefficient (Wildman–Crippen LogP) is 6.08. The van der Waals surface area contributed by atoms with E-state index in [1.807, 2.05) is 59.7 Å². The minimum atomic E-state index is -2.62. The minimum Gasteiger partial charge on any atom is -0.508 e. The molecule has 0 bridgehead atoms. The van der Waals surface area contributed by atoms with Gasteiger partial charge in [-0.3, -0.25) is 0 Å². The molecule has 0 saturated carbocycles. The maximum Gasteiger partial charge on any atom is 0.324 e. The summed E-state index contributed by atoms with van der Waals surface area (Å²) in [6.07, 6.45) is 0. The van der Waals surface area contributed by atoms with Crippen molar-refractivity contribution in [3.8, 4) is 17.2 Å². The van der Waals surface area contributed by atoms with Gasteiger partial charge in [0.2, 0.25) is 0 Å². The lowest BCUT2D eigenvalue weighted by Crippen LogP contribution is -1.79. The molecule has 0 aromatic heterocycles. The molecule has 3 aromatic rings. The first-order valence-electron chi connectivity index (χ1n) is 9.91. The van der Waals surface area contributed by atoms with Gasteiger partial charge in [0, 0.05) is 31.4 Å². The monoisotopic (exact) mass is 544 g/mol. The van der Waals surface area contributed by atoms with Crippen molar-refractivity contribution in [3.63, 3.8) is 0 Å². The largest absolute Gasteiger partial charge is 0.508 e. The molecule has 0 atom stereocenters. The molecule has 0 aliphatic rings. The Morgan fingerprint density at radius 2 is 0.647 bits per heavy atom. The van der Waals surface area contributed by atoms with Gasteiger partial charge in [0.05, 0.1) is 0 Å². The fraction of sp³-hybridized carbons (Fsp3) is 0.250. The maximum atomic E-state index is 9.23. The highest BCUT2D eigenvalue weighted by Gasteiger charge is 2.01. The normalized spacial score (nSPS) is 9.79. The van der Waals surface area contributed by atoms with Gasteiger partial charge in [0.25, 0.3) is 0 Å². The molecule has 34 heavy (non-hydrogen) atoms. The number of rotatable bonds is 0. The number of aryl methyl sites for hydroxylation is 3. The predicted molar refractivity (Wildman–Crippen MR) is 148 cm³/mol. The lowest BCUT2D eigenvalue weighted by atomic mass is 10.1. The first-order valence-corrected chi connectivity index (χ1v) is 12.4. The van der Waals surface area contributed by atoms with E-state index in [0.29, 0.717) is 17.2 Å². The van der Waals surface area contributed by atoms with Gasteiger partial charge in [0.15, 0.2) is 0 Å². The average Bonchev–Trinajstić information content (AvgIpc) is 2.68. The van der Waals surface area contributed by atoms with Crippen LogP contribution in [0.25, 0.3) is 0 Å². The molecule has 0 amide bonds. The van der Waals surface area contributed by atoms with Crippen LogP contribution in [0.5, 0.6) is 17.2 Å². The number of hydrogen-bond donors (Lipinski definition) is 9. The Hall–Kier alpha value is -1.58. The van der Waals surface area contributed by atoms with Crippen LogP contribution in [0.15, 0.2) is 51.1 Å². The van der Waals surface area contributed by atoms with Crippen molar-refractivity contribution < 1.29 is 30.0 Å². The number of thiol groups is 3. The molecule has 0 aliphatic carbocycles. The van der Waals surface area contributed by atoms with Crippen molar-refractivity contribution in [3.05, 3.63) is 69.8 Å². The number of hydrogen-bond acceptors (Lipinski definition) is 9. The summed E-state index contributed by atoms with van der Waals surface area (Å²) >= 11 is 12.5. The lowest BCUT2D eigenvalue weighted by molar-refractivity contribution is 0.368. The first kappa shape index (κ1) is 32.4. The Kier molecular flexibility index (Phi) is 14.7. The summed E-state index contributed by atoms with van der Waals surface area (Å²) in [6.45, 7) is 11.3. The zero-order chi connectivity index (χ0) is 26.7.